The SMILES string of the molecule is C[N+]1(C)CCN([C@@H]2CS(=O)(=O)[C@@]23C[C@H]2C=C[C@H]3C2)CC1. The quantitative estimate of drug-likeness (QED) is 0.523. The zero-order valence-electron chi connectivity index (χ0n) is 12.5. The van der Waals surface area contributed by atoms with E-state index in [-0.39, 0.29) is 6.04 Å². The average Bonchev–Trinajstić information content (AvgIpc) is 2.98. The summed E-state index contributed by atoms with van der Waals surface area (Å²) in [5.41, 5.74) is 0. The van der Waals surface area contributed by atoms with Crippen LogP contribution in [0.25, 0.3) is 0 Å². The Morgan fingerprint density at radius 2 is 1.90 bits per heavy atom. The summed E-state index contributed by atoms with van der Waals surface area (Å²) in [7, 11) is 1.66. The standard InChI is InChI=1S/C15H25N2O2S/c1-17(2)7-5-16(6-8-17)14-11-20(18,19)15(14)10-12-3-4-13(15)9-12/h3-4,12-14H,5-11H2,1-2H3/q+1/t12-,13-,14+,15+/m0/s1. The van der Waals surface area contributed by atoms with Crippen molar-refractivity contribution in [1.82, 2.24) is 4.90 Å². The van der Waals surface area contributed by atoms with Crippen LogP contribution in [0.1, 0.15) is 12.8 Å². The second-order valence-electron chi connectivity index (χ2n) is 7.86. The predicted octanol–water partition coefficient (Wildman–Crippen LogP) is 0.510. The maximum atomic E-state index is 12.5. The van der Waals surface area contributed by atoms with Gasteiger partial charge in [-0.2, -0.15) is 0 Å². The highest BCUT2D eigenvalue weighted by atomic mass is 32.2. The van der Waals surface area contributed by atoms with Crippen molar-refractivity contribution in [2.45, 2.75) is 23.6 Å². The normalized spacial score (nSPS) is 48.6. The number of likely N-dealkylation sites (N-methyl/N-ethyl adjacent to an activating group) is 1. The Morgan fingerprint density at radius 1 is 1.20 bits per heavy atom. The van der Waals surface area contributed by atoms with Crippen LogP contribution in [0.4, 0.5) is 0 Å². The maximum absolute atomic E-state index is 12.5. The Balaban J connectivity index is 1.60. The van der Waals surface area contributed by atoms with Gasteiger partial charge >= 0.3 is 0 Å². The second kappa shape index (κ2) is 3.87. The molecule has 1 spiro atoms. The first-order chi connectivity index (χ1) is 9.34. The van der Waals surface area contributed by atoms with Crippen molar-refractivity contribution in [2.24, 2.45) is 11.8 Å². The van der Waals surface area contributed by atoms with Crippen molar-refractivity contribution in [3.8, 4) is 0 Å². The summed E-state index contributed by atoms with van der Waals surface area (Å²) in [4.78, 5) is 2.49. The summed E-state index contributed by atoms with van der Waals surface area (Å²) in [6, 6.07) is 0.285. The van der Waals surface area contributed by atoms with Gasteiger partial charge in [0.25, 0.3) is 0 Å². The molecule has 20 heavy (non-hydrogen) atoms. The third kappa shape index (κ3) is 1.57. The smallest absolute Gasteiger partial charge is 0.159 e. The Labute approximate surface area is 121 Å². The molecule has 2 aliphatic heterocycles. The third-order valence-corrected chi connectivity index (χ3v) is 8.98. The lowest BCUT2D eigenvalue weighted by molar-refractivity contribution is -0.894. The number of rotatable bonds is 1. The van der Waals surface area contributed by atoms with Crippen LogP contribution in [0.5, 0.6) is 0 Å². The summed E-state index contributed by atoms with van der Waals surface area (Å²) >= 11 is 0. The van der Waals surface area contributed by atoms with E-state index in [9.17, 15) is 8.42 Å². The highest BCUT2D eigenvalue weighted by Crippen LogP contribution is 2.58. The average molecular weight is 297 g/mol. The molecule has 4 rings (SSSR count). The van der Waals surface area contributed by atoms with Gasteiger partial charge in [-0.15, -0.1) is 0 Å². The van der Waals surface area contributed by atoms with E-state index < -0.39 is 14.6 Å². The van der Waals surface area contributed by atoms with Crippen molar-refractivity contribution >= 4 is 9.84 Å². The van der Waals surface area contributed by atoms with Crippen LogP contribution in [0.2, 0.25) is 0 Å². The number of hydrogen-bond donors (Lipinski definition) is 0. The van der Waals surface area contributed by atoms with E-state index in [1.807, 2.05) is 0 Å². The Morgan fingerprint density at radius 3 is 2.40 bits per heavy atom. The molecule has 0 radical (unpaired) electrons. The number of allylic oxidation sites excluding steroid dienone is 2. The largest absolute Gasteiger partial charge is 0.326 e. The van der Waals surface area contributed by atoms with Gasteiger partial charge in [0.2, 0.25) is 0 Å². The van der Waals surface area contributed by atoms with E-state index in [2.05, 4.69) is 31.1 Å². The minimum atomic E-state index is -2.88. The number of fused-ring (bicyclic) bond motifs is 3. The van der Waals surface area contributed by atoms with Gasteiger partial charge in [-0.25, -0.2) is 8.42 Å². The van der Waals surface area contributed by atoms with E-state index in [1.165, 1.54) is 0 Å². The molecule has 0 aromatic rings. The van der Waals surface area contributed by atoms with Crippen molar-refractivity contribution in [3.05, 3.63) is 12.2 Å². The van der Waals surface area contributed by atoms with Gasteiger partial charge in [-0.1, -0.05) is 12.2 Å². The predicted molar refractivity (Wildman–Crippen MR) is 79.1 cm³/mol. The van der Waals surface area contributed by atoms with Gasteiger partial charge in [0.05, 0.1) is 37.7 Å². The van der Waals surface area contributed by atoms with Gasteiger partial charge in [0.1, 0.15) is 0 Å². The van der Waals surface area contributed by atoms with Crippen LogP contribution < -0.4 is 0 Å². The van der Waals surface area contributed by atoms with Crippen LogP contribution in [-0.4, -0.2) is 74.6 Å². The van der Waals surface area contributed by atoms with E-state index in [1.54, 1.807) is 0 Å². The van der Waals surface area contributed by atoms with Crippen LogP contribution >= 0.6 is 0 Å². The zero-order chi connectivity index (χ0) is 14.2. The second-order valence-corrected chi connectivity index (χ2v) is 10.2. The molecular weight excluding hydrogens is 272 g/mol. The molecule has 5 heteroatoms. The number of hydrogen-bond acceptors (Lipinski definition) is 3. The fraction of sp³-hybridized carbons (Fsp3) is 0.867. The van der Waals surface area contributed by atoms with E-state index in [4.69, 9.17) is 0 Å². The first-order valence-electron chi connectivity index (χ1n) is 7.81. The summed E-state index contributed by atoms with van der Waals surface area (Å²) in [6.07, 6.45) is 6.40. The molecule has 4 atom stereocenters. The molecule has 0 aromatic carbocycles. The molecular formula is C15H25N2O2S+. The van der Waals surface area contributed by atoms with Crippen molar-refractivity contribution in [1.29, 1.82) is 0 Å². The van der Waals surface area contributed by atoms with Crippen LogP contribution in [0.3, 0.4) is 0 Å². The molecule has 2 heterocycles. The molecule has 2 saturated heterocycles. The first kappa shape index (κ1) is 13.3. The van der Waals surface area contributed by atoms with Crippen molar-refractivity contribution in [2.75, 3.05) is 46.0 Å². The van der Waals surface area contributed by atoms with Gasteiger partial charge in [0.15, 0.2) is 9.84 Å². The molecule has 0 unspecified atom stereocenters. The van der Waals surface area contributed by atoms with E-state index in [0.29, 0.717) is 17.6 Å². The minimum absolute atomic E-state index is 0.285. The number of nitrogens with zero attached hydrogens (tertiary/aromatic N) is 2. The van der Waals surface area contributed by atoms with Gasteiger partial charge in [-0.3, -0.25) is 4.90 Å². The highest BCUT2D eigenvalue weighted by Gasteiger charge is 2.69. The highest BCUT2D eigenvalue weighted by molar-refractivity contribution is 7.94. The lowest BCUT2D eigenvalue weighted by atomic mass is 9.84. The molecule has 2 aliphatic carbocycles. The number of piperazine rings is 1. The summed E-state index contributed by atoms with van der Waals surface area (Å²) in [6.45, 7) is 4.37. The molecule has 0 aromatic heterocycles. The van der Waals surface area contributed by atoms with Gasteiger partial charge in [-0.05, 0) is 24.7 Å². The summed E-state index contributed by atoms with van der Waals surface area (Å²) in [5.74, 6) is 1.22. The van der Waals surface area contributed by atoms with E-state index in [0.717, 1.165) is 43.5 Å². The van der Waals surface area contributed by atoms with Crippen molar-refractivity contribution < 1.29 is 12.9 Å². The molecule has 4 aliphatic rings. The molecule has 3 fully saturated rings. The third-order valence-electron chi connectivity index (χ3n) is 6.33. The monoisotopic (exact) mass is 297 g/mol. The van der Waals surface area contributed by atoms with Gasteiger partial charge < -0.3 is 4.48 Å². The maximum Gasteiger partial charge on any atom is 0.159 e. The minimum Gasteiger partial charge on any atom is -0.326 e. The summed E-state index contributed by atoms with van der Waals surface area (Å²) in [5, 5.41) is 0. The molecule has 112 valence electrons. The molecule has 1 saturated carbocycles. The van der Waals surface area contributed by atoms with E-state index >= 15 is 0 Å². The first-order valence-corrected chi connectivity index (χ1v) is 9.46. The zero-order valence-corrected chi connectivity index (χ0v) is 13.3. The van der Waals surface area contributed by atoms with Crippen LogP contribution in [-0.2, 0) is 9.84 Å². The number of sulfone groups is 1. The lowest BCUT2D eigenvalue weighted by Gasteiger charge is -2.56. The van der Waals surface area contributed by atoms with Crippen LogP contribution in [0.15, 0.2) is 12.2 Å². The Hall–Kier alpha value is -0.390. The topological polar surface area (TPSA) is 37.4 Å². The fourth-order valence-electron chi connectivity index (χ4n) is 4.95. The molecule has 0 N–H and O–H groups in total. The number of quaternary nitrogens is 1. The van der Waals surface area contributed by atoms with Gasteiger partial charge in [0, 0.05) is 19.1 Å². The molecule has 4 nitrogen and oxygen atoms in total. The molecule has 2 bridgehead atoms. The fourth-order valence-corrected chi connectivity index (χ4v) is 7.64. The molecule has 0 amide bonds. The van der Waals surface area contributed by atoms with Crippen LogP contribution in [0, 0.1) is 11.8 Å². The Kier molecular flexibility index (Phi) is 2.57. The Bertz CT molecular complexity index is 558. The summed E-state index contributed by atoms with van der Waals surface area (Å²) < 4.78 is 25.7. The lowest BCUT2D eigenvalue weighted by Crippen LogP contribution is -2.73. The van der Waals surface area contributed by atoms with Crippen molar-refractivity contribution in [3.63, 3.8) is 0 Å².